The highest BCUT2D eigenvalue weighted by Crippen LogP contribution is 2.16. The van der Waals surface area contributed by atoms with Crippen LogP contribution in [0, 0.1) is 11.6 Å². The van der Waals surface area contributed by atoms with Crippen molar-refractivity contribution >= 4 is 27.6 Å². The minimum absolute atomic E-state index is 0.0243. The summed E-state index contributed by atoms with van der Waals surface area (Å²) in [6.07, 6.45) is 5.41. The molecule has 4 nitrogen and oxygen atoms in total. The molecule has 25 heavy (non-hydrogen) atoms. The molecule has 0 fully saturated rings. The number of ether oxygens (including phenoxy) is 1. The van der Waals surface area contributed by atoms with Crippen LogP contribution in [0.3, 0.4) is 0 Å². The van der Waals surface area contributed by atoms with E-state index in [0.717, 1.165) is 43.1 Å². The average Bonchev–Trinajstić information content (AvgIpc) is 2.59. The molecule has 0 saturated carbocycles. The number of carbonyl (C=O) groups is 1. The number of benzene rings is 1. The SMILES string of the molecule is CCCCCCCN(CCOCCBr)C(=O)Nc1ccc(F)cc1F. The number of hydrogen-bond donors (Lipinski definition) is 1. The highest BCUT2D eigenvalue weighted by atomic mass is 79.9. The van der Waals surface area contributed by atoms with Gasteiger partial charge in [0.05, 0.1) is 18.9 Å². The number of unbranched alkanes of at least 4 members (excludes halogenated alkanes) is 4. The summed E-state index contributed by atoms with van der Waals surface area (Å²) >= 11 is 3.28. The maximum atomic E-state index is 13.7. The Bertz CT molecular complexity index is 518. The lowest BCUT2D eigenvalue weighted by atomic mass is 10.1. The third kappa shape index (κ3) is 9.16. The Morgan fingerprint density at radius 3 is 2.60 bits per heavy atom. The molecule has 0 saturated heterocycles. The fourth-order valence-electron chi connectivity index (χ4n) is 2.34. The molecule has 0 aliphatic heterocycles. The van der Waals surface area contributed by atoms with Gasteiger partial charge >= 0.3 is 6.03 Å². The molecule has 0 spiro atoms. The lowest BCUT2D eigenvalue weighted by Gasteiger charge is -2.23. The maximum absolute atomic E-state index is 13.7. The van der Waals surface area contributed by atoms with Crippen molar-refractivity contribution in [3.8, 4) is 0 Å². The summed E-state index contributed by atoms with van der Waals surface area (Å²) in [7, 11) is 0. The minimum Gasteiger partial charge on any atom is -0.379 e. The smallest absolute Gasteiger partial charge is 0.322 e. The van der Waals surface area contributed by atoms with Crippen molar-refractivity contribution < 1.29 is 18.3 Å². The highest BCUT2D eigenvalue weighted by molar-refractivity contribution is 9.09. The van der Waals surface area contributed by atoms with Crippen molar-refractivity contribution in [2.75, 3.05) is 37.0 Å². The van der Waals surface area contributed by atoms with E-state index >= 15 is 0 Å². The largest absolute Gasteiger partial charge is 0.379 e. The fraction of sp³-hybridized carbons (Fsp3) is 0.611. The Hall–Kier alpha value is -1.21. The Kier molecular flexibility index (Phi) is 11.4. The van der Waals surface area contributed by atoms with Gasteiger partial charge in [-0.1, -0.05) is 48.5 Å². The van der Waals surface area contributed by atoms with E-state index in [4.69, 9.17) is 4.74 Å². The third-order valence-electron chi connectivity index (χ3n) is 3.72. The van der Waals surface area contributed by atoms with Crippen molar-refractivity contribution in [3.63, 3.8) is 0 Å². The first-order valence-electron chi connectivity index (χ1n) is 8.73. The molecule has 0 bridgehead atoms. The van der Waals surface area contributed by atoms with Crippen LogP contribution < -0.4 is 5.32 Å². The van der Waals surface area contributed by atoms with Crippen molar-refractivity contribution in [1.29, 1.82) is 0 Å². The van der Waals surface area contributed by atoms with Crippen LogP contribution in [0.5, 0.6) is 0 Å². The molecule has 1 aromatic carbocycles. The Morgan fingerprint density at radius 1 is 1.16 bits per heavy atom. The van der Waals surface area contributed by atoms with Crippen LogP contribution in [-0.2, 0) is 4.74 Å². The molecule has 2 amide bonds. The van der Waals surface area contributed by atoms with Crippen LogP contribution in [0.2, 0.25) is 0 Å². The van der Waals surface area contributed by atoms with Gasteiger partial charge in [-0.25, -0.2) is 13.6 Å². The molecule has 0 unspecified atom stereocenters. The maximum Gasteiger partial charge on any atom is 0.322 e. The lowest BCUT2D eigenvalue weighted by Crippen LogP contribution is -2.38. The summed E-state index contributed by atoms with van der Waals surface area (Å²) < 4.78 is 32.1. The number of urea groups is 1. The standard InChI is InChI=1S/C18H27BrF2N2O2/c1-2-3-4-5-6-10-23(11-13-25-12-9-19)18(24)22-17-8-7-15(20)14-16(17)21/h7-8,14H,2-6,9-13H2,1H3,(H,22,24). The summed E-state index contributed by atoms with van der Waals surface area (Å²) in [5.41, 5.74) is -0.0243. The quantitative estimate of drug-likeness (QED) is 0.373. The first-order valence-corrected chi connectivity index (χ1v) is 9.85. The first-order chi connectivity index (χ1) is 12.1. The van der Waals surface area contributed by atoms with Crippen LogP contribution in [0.4, 0.5) is 19.3 Å². The number of hydrogen-bond acceptors (Lipinski definition) is 2. The fourth-order valence-corrected chi connectivity index (χ4v) is 2.57. The molecule has 1 aromatic rings. The number of amides is 2. The van der Waals surface area contributed by atoms with Gasteiger partial charge in [0.15, 0.2) is 0 Å². The number of carbonyl (C=O) groups excluding carboxylic acids is 1. The summed E-state index contributed by atoms with van der Waals surface area (Å²) in [4.78, 5) is 14.0. The monoisotopic (exact) mass is 420 g/mol. The lowest BCUT2D eigenvalue weighted by molar-refractivity contribution is 0.124. The summed E-state index contributed by atoms with van der Waals surface area (Å²) in [6, 6.07) is 2.70. The zero-order valence-electron chi connectivity index (χ0n) is 14.7. The number of anilines is 1. The molecule has 142 valence electrons. The average molecular weight is 421 g/mol. The molecule has 1 rings (SSSR count). The Labute approximate surface area is 157 Å². The second-order valence-electron chi connectivity index (χ2n) is 5.76. The minimum atomic E-state index is -0.785. The van der Waals surface area contributed by atoms with E-state index in [9.17, 15) is 13.6 Å². The van der Waals surface area contributed by atoms with Gasteiger partial charge in [0.1, 0.15) is 11.6 Å². The van der Waals surface area contributed by atoms with Gasteiger partial charge in [0.25, 0.3) is 0 Å². The third-order valence-corrected chi connectivity index (χ3v) is 4.04. The first kappa shape index (κ1) is 21.8. The van der Waals surface area contributed by atoms with E-state index in [1.165, 1.54) is 12.5 Å². The van der Waals surface area contributed by atoms with Gasteiger partial charge in [-0.05, 0) is 18.6 Å². The van der Waals surface area contributed by atoms with E-state index in [1.54, 1.807) is 4.90 Å². The summed E-state index contributed by atoms with van der Waals surface area (Å²) in [5.74, 6) is -1.46. The molecule has 0 aromatic heterocycles. The Morgan fingerprint density at radius 2 is 1.92 bits per heavy atom. The molecular weight excluding hydrogens is 394 g/mol. The van der Waals surface area contributed by atoms with Crippen LogP contribution in [0.15, 0.2) is 18.2 Å². The van der Waals surface area contributed by atoms with Crippen molar-refractivity contribution in [2.45, 2.75) is 39.0 Å². The molecule has 0 aliphatic carbocycles. The molecule has 1 N–H and O–H groups in total. The van der Waals surface area contributed by atoms with Crippen LogP contribution in [-0.4, -0.2) is 42.6 Å². The van der Waals surface area contributed by atoms with Gasteiger partial charge in [-0.3, -0.25) is 0 Å². The van der Waals surface area contributed by atoms with Gasteiger partial charge in [0, 0.05) is 24.5 Å². The number of nitrogens with zero attached hydrogens (tertiary/aromatic N) is 1. The van der Waals surface area contributed by atoms with Crippen LogP contribution in [0.25, 0.3) is 0 Å². The van der Waals surface area contributed by atoms with E-state index in [2.05, 4.69) is 28.2 Å². The zero-order chi connectivity index (χ0) is 18.5. The molecule has 7 heteroatoms. The van der Waals surface area contributed by atoms with Gasteiger partial charge in [0.2, 0.25) is 0 Å². The van der Waals surface area contributed by atoms with Crippen LogP contribution >= 0.6 is 15.9 Å². The van der Waals surface area contributed by atoms with Gasteiger partial charge in [-0.15, -0.1) is 0 Å². The zero-order valence-corrected chi connectivity index (χ0v) is 16.3. The van der Waals surface area contributed by atoms with Crippen molar-refractivity contribution in [2.24, 2.45) is 0 Å². The van der Waals surface area contributed by atoms with E-state index < -0.39 is 17.7 Å². The Balaban J connectivity index is 2.56. The number of alkyl halides is 1. The molecule has 0 atom stereocenters. The highest BCUT2D eigenvalue weighted by Gasteiger charge is 2.15. The molecule has 0 radical (unpaired) electrons. The normalized spacial score (nSPS) is 10.7. The predicted molar refractivity (Wildman–Crippen MR) is 100 cm³/mol. The van der Waals surface area contributed by atoms with Crippen molar-refractivity contribution in [1.82, 2.24) is 4.90 Å². The van der Waals surface area contributed by atoms with Crippen molar-refractivity contribution in [3.05, 3.63) is 29.8 Å². The molecular formula is C18H27BrF2N2O2. The van der Waals surface area contributed by atoms with E-state index in [1.807, 2.05) is 0 Å². The predicted octanol–water partition coefficient (Wildman–Crippen LogP) is 5.18. The van der Waals surface area contributed by atoms with Gasteiger partial charge in [-0.2, -0.15) is 0 Å². The second-order valence-corrected chi connectivity index (χ2v) is 6.55. The summed E-state index contributed by atoms with van der Waals surface area (Å²) in [5, 5.41) is 3.24. The number of rotatable bonds is 12. The second kappa shape index (κ2) is 13.1. The van der Waals surface area contributed by atoms with E-state index in [0.29, 0.717) is 26.3 Å². The van der Waals surface area contributed by atoms with E-state index in [-0.39, 0.29) is 5.69 Å². The number of halogens is 3. The molecule has 0 heterocycles. The van der Waals surface area contributed by atoms with Gasteiger partial charge < -0.3 is 15.0 Å². The van der Waals surface area contributed by atoms with Crippen LogP contribution in [0.1, 0.15) is 39.0 Å². The molecule has 0 aliphatic rings. The topological polar surface area (TPSA) is 41.6 Å². The number of nitrogens with one attached hydrogen (secondary N) is 1. The summed E-state index contributed by atoms with van der Waals surface area (Å²) in [6.45, 7) is 4.14.